The molecule has 0 bridgehead atoms. The molecule has 0 atom stereocenters. The van der Waals surface area contributed by atoms with Crippen LogP contribution < -0.4 is 9.47 Å². The van der Waals surface area contributed by atoms with Crippen molar-refractivity contribution in [1.29, 1.82) is 5.26 Å². The van der Waals surface area contributed by atoms with Gasteiger partial charge in [0.15, 0.2) is 11.5 Å². The van der Waals surface area contributed by atoms with Crippen molar-refractivity contribution in [2.24, 2.45) is 0 Å². The van der Waals surface area contributed by atoms with Gasteiger partial charge in [-0.2, -0.15) is 5.26 Å². The summed E-state index contributed by atoms with van der Waals surface area (Å²) in [7, 11) is 1.56. The molecule has 28 heavy (non-hydrogen) atoms. The molecule has 1 aromatic heterocycles. The molecule has 0 fully saturated rings. The van der Waals surface area contributed by atoms with E-state index in [2.05, 4.69) is 6.07 Å². The van der Waals surface area contributed by atoms with E-state index in [0.717, 1.165) is 10.4 Å². The van der Waals surface area contributed by atoms with Gasteiger partial charge in [-0.3, -0.25) is 10.1 Å². The van der Waals surface area contributed by atoms with Crippen molar-refractivity contribution in [3.63, 3.8) is 0 Å². The number of hydrogen-bond donors (Lipinski definition) is 0. The normalized spacial score (nSPS) is 10.9. The molecule has 0 N–H and O–H groups in total. The molecule has 0 spiro atoms. The highest BCUT2D eigenvalue weighted by atomic mass is 32.1. The highest BCUT2D eigenvalue weighted by molar-refractivity contribution is 7.09. The summed E-state index contributed by atoms with van der Waals surface area (Å²) < 4.78 is 11.2. The highest BCUT2D eigenvalue weighted by Gasteiger charge is 2.09. The summed E-state index contributed by atoms with van der Waals surface area (Å²) in [5.41, 5.74) is 1.74. The molecule has 3 aromatic rings. The third-order valence-electron chi connectivity index (χ3n) is 3.96. The van der Waals surface area contributed by atoms with Gasteiger partial charge < -0.3 is 9.47 Å². The lowest BCUT2D eigenvalue weighted by Gasteiger charge is -2.11. The Bertz CT molecular complexity index is 1040. The Labute approximate surface area is 166 Å². The lowest BCUT2D eigenvalue weighted by molar-refractivity contribution is -0.384. The number of nitriles is 1. The Kier molecular flexibility index (Phi) is 6.04. The maximum Gasteiger partial charge on any atom is 0.269 e. The largest absolute Gasteiger partial charge is 0.493 e. The molecule has 0 radical (unpaired) electrons. The number of ether oxygens (including phenoxy) is 2. The molecule has 0 unspecified atom stereocenters. The van der Waals surface area contributed by atoms with Crippen LogP contribution in [0.3, 0.4) is 0 Å². The fourth-order valence-corrected chi connectivity index (χ4v) is 3.16. The van der Waals surface area contributed by atoms with Gasteiger partial charge in [0.1, 0.15) is 6.61 Å². The first kappa shape index (κ1) is 19.1. The number of nitrogens with zero attached hydrogens (tertiary/aromatic N) is 2. The minimum Gasteiger partial charge on any atom is -0.493 e. The number of non-ortho nitro benzene ring substituents is 1. The minimum atomic E-state index is -0.473. The SMILES string of the molecule is COc1cc(/C=C(\C#N)c2ccc([N+](=O)[O-])cc2)ccc1OCc1cccs1. The first-order valence-electron chi connectivity index (χ1n) is 8.30. The number of nitro groups is 1. The monoisotopic (exact) mass is 392 g/mol. The van der Waals surface area contributed by atoms with Crippen LogP contribution in [-0.2, 0) is 6.61 Å². The van der Waals surface area contributed by atoms with Gasteiger partial charge in [-0.15, -0.1) is 11.3 Å². The molecule has 0 saturated carbocycles. The van der Waals surface area contributed by atoms with Crippen molar-refractivity contribution in [2.45, 2.75) is 6.61 Å². The summed E-state index contributed by atoms with van der Waals surface area (Å²) >= 11 is 1.62. The number of allylic oxidation sites excluding steroid dienone is 1. The number of hydrogen-bond acceptors (Lipinski definition) is 6. The van der Waals surface area contributed by atoms with Gasteiger partial charge in [0.2, 0.25) is 0 Å². The number of nitro benzene ring substituents is 1. The summed E-state index contributed by atoms with van der Waals surface area (Å²) in [6.45, 7) is 0.454. The zero-order valence-corrected chi connectivity index (χ0v) is 15.8. The van der Waals surface area contributed by atoms with Gasteiger partial charge in [0.05, 0.1) is 23.7 Å². The zero-order valence-electron chi connectivity index (χ0n) is 15.0. The minimum absolute atomic E-state index is 0.0186. The molecule has 7 heteroatoms. The van der Waals surface area contributed by atoms with Crippen LogP contribution >= 0.6 is 11.3 Å². The standard InChI is InChI=1S/C21H16N2O4S/c1-26-21-12-15(4-9-20(21)27-14-19-3-2-10-28-19)11-17(13-22)16-5-7-18(8-6-16)23(24)25/h2-12H,14H2,1H3/b17-11+. The van der Waals surface area contributed by atoms with Crippen LogP contribution in [0.5, 0.6) is 11.5 Å². The number of benzene rings is 2. The first-order chi connectivity index (χ1) is 13.6. The summed E-state index contributed by atoms with van der Waals surface area (Å²) in [5.74, 6) is 1.17. The molecular weight excluding hydrogens is 376 g/mol. The smallest absolute Gasteiger partial charge is 0.269 e. The topological polar surface area (TPSA) is 85.4 Å². The quantitative estimate of drug-likeness (QED) is 0.235. The Morgan fingerprint density at radius 1 is 1.21 bits per heavy atom. The van der Waals surface area contributed by atoms with Crippen LogP contribution in [-0.4, -0.2) is 12.0 Å². The van der Waals surface area contributed by atoms with Crippen molar-refractivity contribution in [2.75, 3.05) is 7.11 Å². The Morgan fingerprint density at radius 2 is 2.00 bits per heavy atom. The van der Waals surface area contributed by atoms with Crippen LogP contribution in [0.25, 0.3) is 11.6 Å². The second-order valence-electron chi connectivity index (χ2n) is 5.75. The molecule has 0 saturated heterocycles. The van der Waals surface area contributed by atoms with Gasteiger partial charge in [-0.1, -0.05) is 12.1 Å². The summed E-state index contributed by atoms with van der Waals surface area (Å²) in [4.78, 5) is 11.4. The van der Waals surface area contributed by atoms with E-state index >= 15 is 0 Å². The molecule has 0 amide bonds. The lowest BCUT2D eigenvalue weighted by atomic mass is 10.0. The molecule has 2 aromatic carbocycles. The maximum atomic E-state index is 10.8. The van der Waals surface area contributed by atoms with Crippen molar-refractivity contribution >= 4 is 28.7 Å². The Morgan fingerprint density at radius 3 is 2.61 bits per heavy atom. The van der Waals surface area contributed by atoms with E-state index in [9.17, 15) is 15.4 Å². The average Bonchev–Trinajstić information content (AvgIpc) is 3.24. The van der Waals surface area contributed by atoms with E-state index in [1.54, 1.807) is 48.8 Å². The second kappa shape index (κ2) is 8.84. The molecule has 0 aliphatic rings. The summed E-state index contributed by atoms with van der Waals surface area (Å²) in [6.07, 6.45) is 1.70. The van der Waals surface area contributed by atoms with Crippen molar-refractivity contribution in [1.82, 2.24) is 0 Å². The molecule has 0 aliphatic carbocycles. The van der Waals surface area contributed by atoms with Crippen molar-refractivity contribution < 1.29 is 14.4 Å². The van der Waals surface area contributed by atoms with Crippen molar-refractivity contribution in [3.8, 4) is 17.6 Å². The van der Waals surface area contributed by atoms with Crippen LogP contribution in [0.4, 0.5) is 5.69 Å². The molecule has 140 valence electrons. The second-order valence-corrected chi connectivity index (χ2v) is 6.78. The first-order valence-corrected chi connectivity index (χ1v) is 9.18. The van der Waals surface area contributed by atoms with E-state index in [1.807, 2.05) is 23.6 Å². The van der Waals surface area contributed by atoms with Crippen LogP contribution in [0, 0.1) is 21.4 Å². The van der Waals surface area contributed by atoms with Crippen LogP contribution in [0.1, 0.15) is 16.0 Å². The average molecular weight is 392 g/mol. The van der Waals surface area contributed by atoms with Gasteiger partial charge >= 0.3 is 0 Å². The number of methoxy groups -OCH3 is 1. The molecule has 0 aliphatic heterocycles. The van der Waals surface area contributed by atoms with Gasteiger partial charge in [0.25, 0.3) is 5.69 Å². The number of thiophene rings is 1. The number of rotatable bonds is 7. The summed E-state index contributed by atoms with van der Waals surface area (Å²) in [5, 5.41) is 22.2. The van der Waals surface area contributed by atoms with Crippen LogP contribution in [0.2, 0.25) is 0 Å². The van der Waals surface area contributed by atoms with E-state index in [0.29, 0.717) is 29.2 Å². The van der Waals surface area contributed by atoms with Gasteiger partial charge in [0, 0.05) is 17.0 Å². The zero-order chi connectivity index (χ0) is 19.9. The fourth-order valence-electron chi connectivity index (χ4n) is 2.55. The van der Waals surface area contributed by atoms with Crippen LogP contribution in [0.15, 0.2) is 60.0 Å². The highest BCUT2D eigenvalue weighted by Crippen LogP contribution is 2.31. The fraction of sp³-hybridized carbons (Fsp3) is 0.0952. The third kappa shape index (κ3) is 4.55. The molecule has 6 nitrogen and oxygen atoms in total. The van der Waals surface area contributed by atoms with E-state index < -0.39 is 4.92 Å². The van der Waals surface area contributed by atoms with Gasteiger partial charge in [-0.25, -0.2) is 0 Å². The lowest BCUT2D eigenvalue weighted by Crippen LogP contribution is -1.96. The van der Waals surface area contributed by atoms with E-state index in [4.69, 9.17) is 9.47 Å². The van der Waals surface area contributed by atoms with E-state index in [1.165, 1.54) is 12.1 Å². The van der Waals surface area contributed by atoms with Gasteiger partial charge in [-0.05, 0) is 52.9 Å². The Balaban J connectivity index is 1.83. The maximum absolute atomic E-state index is 10.8. The predicted octanol–water partition coefficient (Wildman–Crippen LogP) is 5.31. The van der Waals surface area contributed by atoms with E-state index in [-0.39, 0.29) is 5.69 Å². The Hall–Kier alpha value is -3.63. The summed E-state index contributed by atoms with van der Waals surface area (Å²) in [6, 6.07) is 17.4. The van der Waals surface area contributed by atoms with Crippen molar-refractivity contribution in [3.05, 3.63) is 86.1 Å². The molecule has 3 rings (SSSR count). The third-order valence-corrected chi connectivity index (χ3v) is 4.81. The predicted molar refractivity (Wildman–Crippen MR) is 108 cm³/mol. The molecular formula is C21H16N2O4S. The molecule has 1 heterocycles.